The summed E-state index contributed by atoms with van der Waals surface area (Å²) in [4.78, 5) is 20.5. The molecule has 5 aromatic rings. The normalized spacial score (nSPS) is 10.5. The Hall–Kier alpha value is -3.81. The van der Waals surface area contributed by atoms with Gasteiger partial charge >= 0.3 is 0 Å². The number of pyridine rings is 1. The van der Waals surface area contributed by atoms with E-state index in [1.807, 2.05) is 45.6 Å². The summed E-state index contributed by atoms with van der Waals surface area (Å²) in [6.07, 6.45) is 7.98. The Morgan fingerprint density at radius 1 is 0.718 bits per heavy atom. The zero-order valence-electron chi connectivity index (χ0n) is 24.2. The van der Waals surface area contributed by atoms with Crippen molar-refractivity contribution in [2.75, 3.05) is 13.6 Å². The number of aromatic amines is 2. The van der Waals surface area contributed by atoms with Gasteiger partial charge in [0.2, 0.25) is 0 Å². The van der Waals surface area contributed by atoms with Crippen LogP contribution in [-0.2, 0) is 13.1 Å². The summed E-state index contributed by atoms with van der Waals surface area (Å²) in [7, 11) is 1.91. The molecule has 0 radical (unpaired) electrons. The number of hydrogen-bond donors (Lipinski definition) is 4. The van der Waals surface area contributed by atoms with Crippen molar-refractivity contribution < 1.29 is 0 Å². The quantitative estimate of drug-likeness (QED) is 0.151. The van der Waals surface area contributed by atoms with E-state index < -0.39 is 0 Å². The second-order valence-electron chi connectivity index (χ2n) is 9.04. The van der Waals surface area contributed by atoms with Gasteiger partial charge in [-0.25, -0.2) is 9.97 Å². The third kappa shape index (κ3) is 7.62. The molecule has 0 amide bonds. The molecule has 0 aliphatic carbocycles. The summed E-state index contributed by atoms with van der Waals surface area (Å²) < 4.78 is 0. The first-order valence-corrected chi connectivity index (χ1v) is 14.1. The summed E-state index contributed by atoms with van der Waals surface area (Å²) >= 11 is 0. The molecule has 2 aromatic carbocycles. The fourth-order valence-electron chi connectivity index (χ4n) is 4.21. The third-order valence-electron chi connectivity index (χ3n) is 5.89. The largest absolute Gasteiger partial charge is 0.341 e. The van der Waals surface area contributed by atoms with E-state index in [2.05, 4.69) is 93.8 Å². The molecule has 0 aliphatic heterocycles. The monoisotopic (exact) mass is 525 g/mol. The van der Waals surface area contributed by atoms with Crippen molar-refractivity contribution in [1.82, 2.24) is 35.6 Å². The van der Waals surface area contributed by atoms with Gasteiger partial charge in [-0.1, -0.05) is 77.4 Å². The third-order valence-corrected chi connectivity index (χ3v) is 5.89. The van der Waals surface area contributed by atoms with E-state index in [9.17, 15) is 0 Å². The molecule has 3 heterocycles. The van der Waals surface area contributed by atoms with Crippen LogP contribution in [0.4, 0.5) is 0 Å². The maximum absolute atomic E-state index is 4.71. The number of nitrogens with one attached hydrogen (secondary N) is 4. The van der Waals surface area contributed by atoms with Crippen molar-refractivity contribution >= 4 is 10.9 Å². The summed E-state index contributed by atoms with van der Waals surface area (Å²) in [5.74, 6) is 1.86. The van der Waals surface area contributed by atoms with Crippen molar-refractivity contribution in [1.29, 1.82) is 0 Å². The first kappa shape index (κ1) is 29.7. The molecule has 0 saturated carbocycles. The maximum atomic E-state index is 4.71. The standard InChI is InChI=1S/C27H29N7.C3H8.C2H6/c1-3-12-29-17-26-31-14-23(33-26)19-8-6-18(7-9-19)20-10-11-22(27-21(20)5-4-13-30-27)24-15-32-25(34-24)16-28-2;1-3-2;1-2/h4-11,13-15,28-29H,3,12,16-17H2,1-2H3,(H,31,33)(H,32,34);3H2,1-2H3;1-2H3. The van der Waals surface area contributed by atoms with E-state index in [1.54, 1.807) is 0 Å². The van der Waals surface area contributed by atoms with Crippen LogP contribution in [0.1, 0.15) is 59.1 Å². The van der Waals surface area contributed by atoms with E-state index in [0.717, 1.165) is 75.7 Å². The van der Waals surface area contributed by atoms with Crippen LogP contribution in [0.2, 0.25) is 0 Å². The number of nitrogens with zero attached hydrogens (tertiary/aromatic N) is 3. The lowest BCUT2D eigenvalue weighted by atomic mass is 9.96. The highest BCUT2D eigenvalue weighted by Gasteiger charge is 2.13. The average Bonchev–Trinajstić information content (AvgIpc) is 3.65. The molecule has 3 aromatic heterocycles. The summed E-state index contributed by atoms with van der Waals surface area (Å²) in [5, 5.41) is 7.62. The number of H-pyrrole nitrogens is 2. The molecule has 0 spiro atoms. The topological polar surface area (TPSA) is 94.3 Å². The van der Waals surface area contributed by atoms with Gasteiger partial charge in [0.05, 0.1) is 42.4 Å². The Balaban J connectivity index is 0.000000787. The molecule has 39 heavy (non-hydrogen) atoms. The van der Waals surface area contributed by atoms with E-state index in [0.29, 0.717) is 6.54 Å². The minimum absolute atomic E-state index is 0.697. The van der Waals surface area contributed by atoms with E-state index in [-0.39, 0.29) is 0 Å². The number of rotatable bonds is 9. The van der Waals surface area contributed by atoms with Crippen molar-refractivity contribution in [3.05, 3.63) is 78.8 Å². The minimum atomic E-state index is 0.697. The SMILES string of the molecule is CC.CCC.CCCNCc1ncc(-c2ccc(-c3ccc(-c4cnc(CNC)[nH]4)c4ncccc34)cc2)[nH]1. The molecular formula is C32H43N7. The van der Waals surface area contributed by atoms with Gasteiger partial charge in [-0.3, -0.25) is 4.98 Å². The average molecular weight is 526 g/mol. The minimum Gasteiger partial charge on any atom is -0.341 e. The van der Waals surface area contributed by atoms with Crippen LogP contribution in [-0.4, -0.2) is 38.5 Å². The summed E-state index contributed by atoms with van der Waals surface area (Å²) in [5.41, 5.74) is 7.43. The van der Waals surface area contributed by atoms with Gasteiger partial charge in [0, 0.05) is 17.1 Å². The van der Waals surface area contributed by atoms with Gasteiger partial charge in [-0.2, -0.15) is 0 Å². The smallest absolute Gasteiger partial charge is 0.120 e. The Morgan fingerprint density at radius 3 is 2.03 bits per heavy atom. The molecule has 5 rings (SSSR count). The second-order valence-corrected chi connectivity index (χ2v) is 9.04. The van der Waals surface area contributed by atoms with Gasteiger partial charge in [0.1, 0.15) is 11.6 Å². The van der Waals surface area contributed by atoms with Gasteiger partial charge in [0.25, 0.3) is 0 Å². The Morgan fingerprint density at radius 2 is 1.33 bits per heavy atom. The molecule has 0 fully saturated rings. The zero-order valence-corrected chi connectivity index (χ0v) is 24.2. The van der Waals surface area contributed by atoms with Crippen LogP contribution in [0.5, 0.6) is 0 Å². The first-order chi connectivity index (χ1) is 19.2. The molecular weight excluding hydrogens is 482 g/mol. The van der Waals surface area contributed by atoms with Crippen molar-refractivity contribution in [2.24, 2.45) is 0 Å². The molecule has 0 atom stereocenters. The van der Waals surface area contributed by atoms with Crippen LogP contribution in [0.3, 0.4) is 0 Å². The summed E-state index contributed by atoms with van der Waals surface area (Å²) in [6.45, 7) is 12.9. The maximum Gasteiger partial charge on any atom is 0.120 e. The van der Waals surface area contributed by atoms with E-state index in [4.69, 9.17) is 4.98 Å². The van der Waals surface area contributed by atoms with Crippen molar-refractivity contribution in [2.45, 2.75) is 60.5 Å². The lowest BCUT2D eigenvalue weighted by molar-refractivity contribution is 0.655. The fraction of sp³-hybridized carbons (Fsp3) is 0.344. The highest BCUT2D eigenvalue weighted by Crippen LogP contribution is 2.34. The van der Waals surface area contributed by atoms with Crippen molar-refractivity contribution in [3.8, 4) is 33.6 Å². The molecule has 7 nitrogen and oxygen atoms in total. The highest BCUT2D eigenvalue weighted by atomic mass is 15.0. The Kier molecular flexibility index (Phi) is 11.9. The van der Waals surface area contributed by atoms with Crippen LogP contribution in [0.15, 0.2) is 67.1 Å². The van der Waals surface area contributed by atoms with Gasteiger partial charge < -0.3 is 20.6 Å². The van der Waals surface area contributed by atoms with Crippen LogP contribution in [0.25, 0.3) is 44.5 Å². The Labute approximate surface area is 232 Å². The zero-order chi connectivity index (χ0) is 28.0. The molecule has 0 saturated heterocycles. The predicted octanol–water partition coefficient (Wildman–Crippen LogP) is 7.34. The molecule has 4 N–H and O–H groups in total. The number of imidazole rings is 2. The summed E-state index contributed by atoms with van der Waals surface area (Å²) in [6, 6.07) is 17.0. The first-order valence-electron chi connectivity index (χ1n) is 14.1. The van der Waals surface area contributed by atoms with Crippen LogP contribution >= 0.6 is 0 Å². The number of fused-ring (bicyclic) bond motifs is 1. The molecule has 7 heteroatoms. The second kappa shape index (κ2) is 15.6. The number of hydrogen-bond acceptors (Lipinski definition) is 5. The van der Waals surface area contributed by atoms with Gasteiger partial charge in [0.15, 0.2) is 0 Å². The van der Waals surface area contributed by atoms with Crippen LogP contribution < -0.4 is 10.6 Å². The lowest BCUT2D eigenvalue weighted by Gasteiger charge is -2.10. The van der Waals surface area contributed by atoms with Gasteiger partial charge in [-0.15, -0.1) is 0 Å². The van der Waals surface area contributed by atoms with E-state index in [1.165, 1.54) is 6.42 Å². The highest BCUT2D eigenvalue weighted by molar-refractivity contribution is 6.02. The van der Waals surface area contributed by atoms with Gasteiger partial charge in [-0.05, 0) is 48.8 Å². The number of aromatic nitrogens is 5. The lowest BCUT2D eigenvalue weighted by Crippen LogP contribution is -2.14. The predicted molar refractivity (Wildman–Crippen MR) is 164 cm³/mol. The van der Waals surface area contributed by atoms with Crippen LogP contribution in [0, 0.1) is 0 Å². The molecule has 0 unspecified atom stereocenters. The number of benzene rings is 2. The van der Waals surface area contributed by atoms with E-state index >= 15 is 0 Å². The molecule has 0 aliphatic rings. The molecule has 0 bridgehead atoms. The fourth-order valence-corrected chi connectivity index (χ4v) is 4.21. The molecule has 206 valence electrons. The van der Waals surface area contributed by atoms with Crippen molar-refractivity contribution in [3.63, 3.8) is 0 Å². The Bertz CT molecular complexity index is 1400.